The molecule has 0 aliphatic carbocycles. The Morgan fingerprint density at radius 1 is 0.367 bits per heavy atom. The van der Waals surface area contributed by atoms with Crippen molar-refractivity contribution >= 4 is 23.9 Å². The zero-order chi connectivity index (χ0) is 43.1. The molecular formula is C50H84N6O4. The Hall–Kier alpha value is -4.08. The molecule has 0 aliphatic rings. The van der Waals surface area contributed by atoms with Gasteiger partial charge >= 0.3 is 12.1 Å². The lowest BCUT2D eigenvalue weighted by Crippen LogP contribution is -2.51. The minimum absolute atomic E-state index is 0.190. The Kier molecular flexibility index (Phi) is 31.9. The molecule has 60 heavy (non-hydrogen) atoms. The summed E-state index contributed by atoms with van der Waals surface area (Å²) in [4.78, 5) is 52.1. The average molecular weight is 833 g/mol. The molecule has 0 aromatic heterocycles. The van der Waals surface area contributed by atoms with Crippen LogP contribution < -0.4 is 31.9 Å². The molecule has 0 saturated heterocycles. The normalized spacial score (nSPS) is 12.0. The van der Waals surface area contributed by atoms with Crippen LogP contribution in [0.5, 0.6) is 0 Å². The quantitative estimate of drug-likeness (QED) is 0.0377. The Balaban J connectivity index is 1.65. The first-order valence-electron chi connectivity index (χ1n) is 24.1. The molecule has 0 saturated carbocycles. The Morgan fingerprint density at radius 2 is 0.633 bits per heavy atom. The van der Waals surface area contributed by atoms with Crippen LogP contribution in [0.15, 0.2) is 60.7 Å². The van der Waals surface area contributed by atoms with E-state index < -0.39 is 12.1 Å². The minimum atomic E-state index is -0.672. The number of nitrogens with one attached hydrogen (secondary N) is 6. The number of benzene rings is 2. The molecule has 0 heterocycles. The van der Waals surface area contributed by atoms with Crippen LogP contribution in [-0.2, 0) is 22.4 Å². The zero-order valence-electron chi connectivity index (χ0n) is 37.8. The van der Waals surface area contributed by atoms with Gasteiger partial charge in [0.1, 0.15) is 12.1 Å². The number of amides is 6. The summed E-state index contributed by atoms with van der Waals surface area (Å²) in [5.74, 6) is -0.380. The van der Waals surface area contributed by atoms with Gasteiger partial charge in [0.15, 0.2) is 0 Å². The predicted molar refractivity (Wildman–Crippen MR) is 249 cm³/mol. The highest BCUT2D eigenvalue weighted by atomic mass is 16.2. The maximum Gasteiger partial charge on any atom is 0.315 e. The summed E-state index contributed by atoms with van der Waals surface area (Å²) < 4.78 is 0. The van der Waals surface area contributed by atoms with Gasteiger partial charge in [0, 0.05) is 39.0 Å². The van der Waals surface area contributed by atoms with E-state index in [9.17, 15) is 19.2 Å². The highest BCUT2D eigenvalue weighted by molar-refractivity contribution is 5.88. The lowest BCUT2D eigenvalue weighted by atomic mass is 10.1. The number of hydrogen-bond acceptors (Lipinski definition) is 4. The van der Waals surface area contributed by atoms with Gasteiger partial charge in [-0.3, -0.25) is 9.59 Å². The van der Waals surface area contributed by atoms with E-state index in [1.54, 1.807) is 0 Å². The Bertz CT molecular complexity index is 1260. The van der Waals surface area contributed by atoms with Crippen molar-refractivity contribution in [2.24, 2.45) is 0 Å². The first-order chi connectivity index (χ1) is 29.4. The molecule has 0 bridgehead atoms. The molecule has 2 rings (SSSR count). The molecule has 338 valence electrons. The fraction of sp³-hybridized carbons (Fsp3) is 0.680. The van der Waals surface area contributed by atoms with Crippen molar-refractivity contribution < 1.29 is 19.2 Å². The Morgan fingerprint density at radius 3 is 0.933 bits per heavy atom. The minimum Gasteiger partial charge on any atom is -0.354 e. The molecule has 0 spiro atoms. The van der Waals surface area contributed by atoms with E-state index in [1.165, 1.54) is 103 Å². The van der Waals surface area contributed by atoms with Crippen molar-refractivity contribution in [1.82, 2.24) is 31.9 Å². The topological polar surface area (TPSA) is 140 Å². The van der Waals surface area contributed by atoms with Crippen LogP contribution in [0.3, 0.4) is 0 Å². The fourth-order valence-electron chi connectivity index (χ4n) is 7.44. The molecule has 6 N–H and O–H groups in total. The number of hydrogen-bond donors (Lipinski definition) is 6. The third-order valence-electron chi connectivity index (χ3n) is 11.1. The maximum atomic E-state index is 13.2. The molecule has 0 aliphatic heterocycles. The molecular weight excluding hydrogens is 749 g/mol. The number of carbonyl (C=O) groups is 4. The van der Waals surface area contributed by atoms with Crippen molar-refractivity contribution in [3.05, 3.63) is 71.8 Å². The summed E-state index contributed by atoms with van der Waals surface area (Å²) in [5.41, 5.74) is 1.97. The van der Waals surface area contributed by atoms with E-state index in [2.05, 4.69) is 45.7 Å². The fourth-order valence-corrected chi connectivity index (χ4v) is 7.44. The van der Waals surface area contributed by atoms with Crippen molar-refractivity contribution in [3.8, 4) is 0 Å². The lowest BCUT2D eigenvalue weighted by Gasteiger charge is -2.19. The summed E-state index contributed by atoms with van der Waals surface area (Å²) in [6, 6.07) is 17.6. The number of rotatable bonds is 37. The van der Waals surface area contributed by atoms with Gasteiger partial charge in [-0.05, 0) is 36.8 Å². The smallest absolute Gasteiger partial charge is 0.315 e. The maximum absolute atomic E-state index is 13.2. The monoisotopic (exact) mass is 833 g/mol. The van der Waals surface area contributed by atoms with E-state index >= 15 is 0 Å². The van der Waals surface area contributed by atoms with E-state index in [0.29, 0.717) is 39.0 Å². The second-order valence-corrected chi connectivity index (χ2v) is 16.6. The molecule has 10 heteroatoms. The number of urea groups is 2. The summed E-state index contributed by atoms with van der Waals surface area (Å²) >= 11 is 0. The van der Waals surface area contributed by atoms with Gasteiger partial charge in [0.2, 0.25) is 11.8 Å². The van der Waals surface area contributed by atoms with Gasteiger partial charge in [-0.1, -0.05) is 203 Å². The lowest BCUT2D eigenvalue weighted by molar-refractivity contribution is -0.123. The van der Waals surface area contributed by atoms with Crippen LogP contribution in [-0.4, -0.2) is 62.1 Å². The van der Waals surface area contributed by atoms with Crippen molar-refractivity contribution in [3.63, 3.8) is 0 Å². The van der Waals surface area contributed by atoms with Gasteiger partial charge in [0.25, 0.3) is 0 Å². The summed E-state index contributed by atoms with van der Waals surface area (Å²) in [7, 11) is 0. The van der Waals surface area contributed by atoms with Crippen LogP contribution in [0.1, 0.15) is 179 Å². The summed E-state index contributed by atoms with van der Waals surface area (Å²) in [6.07, 6.45) is 29.0. The van der Waals surface area contributed by atoms with Gasteiger partial charge in [-0.2, -0.15) is 0 Å². The SMILES string of the molecule is CCCCCCCCCCCCNC(=O)N[C@@H](Cc1ccccc1)C(=O)NCCCCCCNC(=O)[C@H](Cc1ccccc1)NC(=O)NCCCCCCCCCCCC. The van der Waals surface area contributed by atoms with Gasteiger partial charge in [-0.25, -0.2) is 9.59 Å². The molecule has 0 fully saturated rings. The standard InChI is InChI=1S/C50H84N6O4/c1-3-5-7-9-11-13-15-17-19-31-39-53-49(59)55-45(41-43-33-25-23-26-34-43)47(57)51-37-29-21-22-30-38-52-48(58)46(42-44-35-27-24-28-36-44)56-50(60)54-40-32-20-18-16-14-12-10-8-6-4-2/h23-28,33-36,45-46H,3-22,29-32,37-42H2,1-2H3,(H,51,57)(H,52,58)(H2,53,55,59)(H2,54,56,60)/t45-,46-/m0/s1. The van der Waals surface area contributed by atoms with Crippen LogP contribution in [0, 0.1) is 0 Å². The zero-order valence-corrected chi connectivity index (χ0v) is 37.8. The molecule has 0 radical (unpaired) electrons. The molecule has 0 unspecified atom stereocenters. The molecule has 2 atom stereocenters. The van der Waals surface area contributed by atoms with E-state index in [-0.39, 0.29) is 23.9 Å². The van der Waals surface area contributed by atoms with Crippen LogP contribution in [0.4, 0.5) is 9.59 Å². The molecule has 2 aromatic carbocycles. The van der Waals surface area contributed by atoms with Crippen molar-refractivity contribution in [1.29, 1.82) is 0 Å². The van der Waals surface area contributed by atoms with Gasteiger partial charge in [0.05, 0.1) is 0 Å². The van der Waals surface area contributed by atoms with E-state index in [1.807, 2.05) is 60.7 Å². The van der Waals surface area contributed by atoms with Crippen LogP contribution in [0.2, 0.25) is 0 Å². The van der Waals surface area contributed by atoms with Gasteiger partial charge in [-0.15, -0.1) is 0 Å². The number of unbranched alkanes of at least 4 members (excludes halogenated alkanes) is 21. The molecule has 10 nitrogen and oxygen atoms in total. The summed E-state index contributed by atoms with van der Waals surface area (Å²) in [5, 5.41) is 17.8. The van der Waals surface area contributed by atoms with Crippen molar-refractivity contribution in [2.75, 3.05) is 26.2 Å². The van der Waals surface area contributed by atoms with E-state index in [0.717, 1.165) is 62.5 Å². The van der Waals surface area contributed by atoms with Crippen LogP contribution >= 0.6 is 0 Å². The average Bonchev–Trinajstić information content (AvgIpc) is 3.25. The van der Waals surface area contributed by atoms with E-state index in [4.69, 9.17) is 0 Å². The first-order valence-corrected chi connectivity index (χ1v) is 24.1. The Labute approximate surface area is 364 Å². The molecule has 2 aromatic rings. The van der Waals surface area contributed by atoms with Gasteiger partial charge < -0.3 is 31.9 Å². The second kappa shape index (κ2) is 36.7. The highest BCUT2D eigenvalue weighted by Gasteiger charge is 2.22. The van der Waals surface area contributed by atoms with Crippen LogP contribution in [0.25, 0.3) is 0 Å². The summed E-state index contributed by atoms with van der Waals surface area (Å²) in [6.45, 7) is 6.71. The molecule has 6 amide bonds. The largest absolute Gasteiger partial charge is 0.354 e. The number of carbonyl (C=O) groups excluding carboxylic acids is 4. The third kappa shape index (κ3) is 28.4. The third-order valence-corrected chi connectivity index (χ3v) is 11.1. The second-order valence-electron chi connectivity index (χ2n) is 16.6. The first kappa shape index (κ1) is 52.1. The predicted octanol–water partition coefficient (Wildman–Crippen LogP) is 10.4. The highest BCUT2D eigenvalue weighted by Crippen LogP contribution is 2.12. The van der Waals surface area contributed by atoms with Crippen molar-refractivity contribution in [2.45, 2.75) is 193 Å².